The maximum Gasteiger partial charge on any atom is 0.337 e. The van der Waals surface area contributed by atoms with Gasteiger partial charge in [-0.25, -0.2) is 4.79 Å². The van der Waals surface area contributed by atoms with Crippen LogP contribution in [-0.2, 0) is 16.1 Å². The number of hydrogen-bond donors (Lipinski definition) is 1. The van der Waals surface area contributed by atoms with E-state index in [1.54, 1.807) is 12.1 Å². The van der Waals surface area contributed by atoms with Gasteiger partial charge in [-0.1, -0.05) is 6.07 Å². The predicted molar refractivity (Wildman–Crippen MR) is 69.1 cm³/mol. The number of rotatable bonds is 1. The van der Waals surface area contributed by atoms with Crippen molar-refractivity contribution in [3.05, 3.63) is 45.2 Å². The summed E-state index contributed by atoms with van der Waals surface area (Å²) in [6, 6.07) is 5.14. The highest BCUT2D eigenvalue weighted by molar-refractivity contribution is 5.95. The van der Waals surface area contributed by atoms with Gasteiger partial charge in [0.1, 0.15) is 0 Å². The minimum atomic E-state index is -0.423. The van der Waals surface area contributed by atoms with Crippen LogP contribution in [0.1, 0.15) is 34.5 Å². The number of ether oxygens (including phenoxy) is 2. The molecule has 2 heterocycles. The van der Waals surface area contributed by atoms with Crippen LogP contribution in [0.5, 0.6) is 0 Å². The fraction of sp³-hybridized carbons (Fsp3) is 0.286. The number of aromatic nitrogens is 1. The number of pyridine rings is 1. The quantitative estimate of drug-likeness (QED) is 0.794. The van der Waals surface area contributed by atoms with Crippen molar-refractivity contribution in [1.82, 2.24) is 4.98 Å². The first-order chi connectivity index (χ1) is 9.11. The highest BCUT2D eigenvalue weighted by Crippen LogP contribution is 2.32. The molecule has 2 aromatic rings. The molecule has 0 saturated heterocycles. The number of nitrogens with one attached hydrogen (secondary N) is 1. The summed E-state index contributed by atoms with van der Waals surface area (Å²) in [4.78, 5) is 26.3. The van der Waals surface area contributed by atoms with E-state index in [9.17, 15) is 9.59 Å². The van der Waals surface area contributed by atoms with Gasteiger partial charge in [0, 0.05) is 10.9 Å². The van der Waals surface area contributed by atoms with E-state index in [0.29, 0.717) is 23.3 Å². The molecule has 1 atom stereocenters. The van der Waals surface area contributed by atoms with E-state index >= 15 is 0 Å². The van der Waals surface area contributed by atoms with Gasteiger partial charge in [0.05, 0.1) is 30.9 Å². The molecule has 0 fully saturated rings. The molecule has 1 aliphatic rings. The second-order valence-electron chi connectivity index (χ2n) is 4.55. The van der Waals surface area contributed by atoms with Crippen molar-refractivity contribution in [2.45, 2.75) is 19.6 Å². The average molecular weight is 259 g/mol. The first-order valence-electron chi connectivity index (χ1n) is 6.00. The number of aromatic amines is 1. The molecule has 5 nitrogen and oxygen atoms in total. The second-order valence-corrected chi connectivity index (χ2v) is 4.55. The highest BCUT2D eigenvalue weighted by Gasteiger charge is 2.25. The number of fused-ring (bicyclic) bond motifs is 3. The molecule has 0 radical (unpaired) electrons. The molecule has 1 aromatic carbocycles. The topological polar surface area (TPSA) is 68.4 Å². The Balaban J connectivity index is 2.28. The molecule has 1 N–H and O–H groups in total. The van der Waals surface area contributed by atoms with Crippen molar-refractivity contribution in [2.24, 2.45) is 0 Å². The van der Waals surface area contributed by atoms with Crippen LogP contribution in [0.15, 0.2) is 23.0 Å². The van der Waals surface area contributed by atoms with E-state index in [4.69, 9.17) is 4.74 Å². The lowest BCUT2D eigenvalue weighted by Gasteiger charge is -2.06. The standard InChI is InChI=1S/C14H13NO4/c1-7-12-10(6-19-7)9-4-3-8(14(17)18-2)5-11(9)15-13(12)16/h3-5,7H,6H2,1-2H3,(H,15,16). The lowest BCUT2D eigenvalue weighted by Crippen LogP contribution is -2.14. The molecule has 0 bridgehead atoms. The largest absolute Gasteiger partial charge is 0.465 e. The maximum atomic E-state index is 12.0. The molecular formula is C14H13NO4. The van der Waals surface area contributed by atoms with Gasteiger partial charge in [0.15, 0.2) is 0 Å². The molecule has 0 aliphatic carbocycles. The maximum absolute atomic E-state index is 12.0. The SMILES string of the molecule is COC(=O)c1ccc2c3c(c(=O)[nH]c2c1)C(C)OC3. The summed E-state index contributed by atoms with van der Waals surface area (Å²) in [6.07, 6.45) is -0.191. The molecule has 1 aliphatic heterocycles. The van der Waals surface area contributed by atoms with Gasteiger partial charge in [0.2, 0.25) is 0 Å². The van der Waals surface area contributed by atoms with Gasteiger partial charge in [-0.05, 0) is 24.6 Å². The Morgan fingerprint density at radius 2 is 2.26 bits per heavy atom. The summed E-state index contributed by atoms with van der Waals surface area (Å²) in [6.45, 7) is 2.28. The van der Waals surface area contributed by atoms with Crippen LogP contribution >= 0.6 is 0 Å². The Hall–Kier alpha value is -2.14. The van der Waals surface area contributed by atoms with Crippen LogP contribution in [0.2, 0.25) is 0 Å². The van der Waals surface area contributed by atoms with Crippen molar-refractivity contribution in [2.75, 3.05) is 7.11 Å². The fourth-order valence-electron chi connectivity index (χ4n) is 2.50. The van der Waals surface area contributed by atoms with E-state index in [-0.39, 0.29) is 11.7 Å². The van der Waals surface area contributed by atoms with Crippen LogP contribution in [0, 0.1) is 0 Å². The van der Waals surface area contributed by atoms with Crippen molar-refractivity contribution < 1.29 is 14.3 Å². The normalized spacial score (nSPS) is 17.5. The molecule has 19 heavy (non-hydrogen) atoms. The third kappa shape index (κ3) is 1.74. The molecule has 98 valence electrons. The zero-order valence-electron chi connectivity index (χ0n) is 10.6. The summed E-state index contributed by atoms with van der Waals surface area (Å²) >= 11 is 0. The number of H-pyrrole nitrogens is 1. The first kappa shape index (κ1) is 11.9. The van der Waals surface area contributed by atoms with Crippen molar-refractivity contribution in [3.8, 4) is 0 Å². The predicted octanol–water partition coefficient (Wildman–Crippen LogP) is 1.91. The Morgan fingerprint density at radius 3 is 3.00 bits per heavy atom. The van der Waals surface area contributed by atoms with Gasteiger partial charge < -0.3 is 14.5 Å². The van der Waals surface area contributed by atoms with E-state index in [0.717, 1.165) is 10.9 Å². The number of esters is 1. The fourth-order valence-corrected chi connectivity index (χ4v) is 2.50. The molecule has 5 heteroatoms. The van der Waals surface area contributed by atoms with E-state index in [2.05, 4.69) is 9.72 Å². The summed E-state index contributed by atoms with van der Waals surface area (Å²) in [5, 5.41) is 0.909. The third-order valence-electron chi connectivity index (χ3n) is 3.47. The summed E-state index contributed by atoms with van der Waals surface area (Å²) in [7, 11) is 1.33. The van der Waals surface area contributed by atoms with E-state index in [1.165, 1.54) is 7.11 Å². The highest BCUT2D eigenvalue weighted by atomic mass is 16.5. The summed E-state index contributed by atoms with van der Waals surface area (Å²) in [5.41, 5.74) is 2.47. The van der Waals surface area contributed by atoms with Crippen molar-refractivity contribution in [1.29, 1.82) is 0 Å². The number of carbonyl (C=O) groups is 1. The molecule has 3 rings (SSSR count). The van der Waals surface area contributed by atoms with Gasteiger partial charge >= 0.3 is 5.97 Å². The zero-order valence-corrected chi connectivity index (χ0v) is 10.6. The van der Waals surface area contributed by atoms with Crippen LogP contribution in [0.25, 0.3) is 10.9 Å². The zero-order chi connectivity index (χ0) is 13.6. The lowest BCUT2D eigenvalue weighted by molar-refractivity contribution is 0.0601. The minimum absolute atomic E-state index is 0.158. The monoisotopic (exact) mass is 259 g/mol. The first-order valence-corrected chi connectivity index (χ1v) is 6.00. The molecule has 0 saturated carbocycles. The van der Waals surface area contributed by atoms with Gasteiger partial charge in [-0.15, -0.1) is 0 Å². The van der Waals surface area contributed by atoms with Gasteiger partial charge in [0.25, 0.3) is 5.56 Å². The van der Waals surface area contributed by atoms with E-state index < -0.39 is 5.97 Å². The molecule has 0 amide bonds. The number of benzene rings is 1. The summed E-state index contributed by atoms with van der Waals surface area (Å²) in [5.74, 6) is -0.423. The molecule has 1 unspecified atom stereocenters. The second kappa shape index (κ2) is 4.20. The minimum Gasteiger partial charge on any atom is -0.465 e. The summed E-state index contributed by atoms with van der Waals surface area (Å²) < 4.78 is 10.2. The molecule has 0 spiro atoms. The van der Waals surface area contributed by atoms with Crippen LogP contribution in [0.3, 0.4) is 0 Å². The molecule has 1 aromatic heterocycles. The number of methoxy groups -OCH3 is 1. The molecular weight excluding hydrogens is 246 g/mol. The Kier molecular flexibility index (Phi) is 2.64. The van der Waals surface area contributed by atoms with Crippen LogP contribution < -0.4 is 5.56 Å². The van der Waals surface area contributed by atoms with Gasteiger partial charge in [-0.3, -0.25) is 4.79 Å². The van der Waals surface area contributed by atoms with Crippen molar-refractivity contribution >= 4 is 16.9 Å². The third-order valence-corrected chi connectivity index (χ3v) is 3.47. The average Bonchev–Trinajstić information content (AvgIpc) is 2.80. The number of hydrogen-bond acceptors (Lipinski definition) is 4. The van der Waals surface area contributed by atoms with Crippen molar-refractivity contribution in [3.63, 3.8) is 0 Å². The smallest absolute Gasteiger partial charge is 0.337 e. The Bertz CT molecular complexity index is 732. The Labute approximate surface area is 109 Å². The Morgan fingerprint density at radius 1 is 1.47 bits per heavy atom. The number of carbonyl (C=O) groups excluding carboxylic acids is 1. The van der Waals surface area contributed by atoms with E-state index in [1.807, 2.05) is 13.0 Å². The lowest BCUT2D eigenvalue weighted by atomic mass is 10.0. The van der Waals surface area contributed by atoms with Crippen LogP contribution in [0.4, 0.5) is 0 Å². The van der Waals surface area contributed by atoms with Gasteiger partial charge in [-0.2, -0.15) is 0 Å². The van der Waals surface area contributed by atoms with Crippen LogP contribution in [-0.4, -0.2) is 18.1 Å².